The first-order valence-electron chi connectivity index (χ1n) is 3.79. The Kier molecular flexibility index (Phi) is 9.15. The average molecular weight is 201 g/mol. The van der Waals surface area contributed by atoms with Crippen LogP contribution < -0.4 is 5.32 Å². The van der Waals surface area contributed by atoms with Crippen LogP contribution in [-0.4, -0.2) is 37.1 Å². The van der Waals surface area contributed by atoms with Gasteiger partial charge < -0.3 is 5.32 Å². The quantitative estimate of drug-likeness (QED) is 0.684. The van der Waals surface area contributed by atoms with E-state index in [4.69, 9.17) is 0 Å². The van der Waals surface area contributed by atoms with Crippen molar-refractivity contribution in [3.05, 3.63) is 0 Å². The number of likely N-dealkylation sites (N-methyl/N-ethyl adjacent to an activating group) is 1. The van der Waals surface area contributed by atoms with Crippen molar-refractivity contribution in [3.63, 3.8) is 0 Å². The standard InChI is InChI=1S/C7H16N2.2ClH/c1-3-9-5-4-8-6-7(9)2;;/h7-8H,3-6H2,1-2H3;2*1H/t7-;;/m1../s1. The Morgan fingerprint density at radius 1 is 1.45 bits per heavy atom. The van der Waals surface area contributed by atoms with E-state index in [9.17, 15) is 0 Å². The molecule has 1 N–H and O–H groups in total. The van der Waals surface area contributed by atoms with E-state index < -0.39 is 0 Å². The maximum absolute atomic E-state index is 3.36. The van der Waals surface area contributed by atoms with E-state index in [-0.39, 0.29) is 24.8 Å². The van der Waals surface area contributed by atoms with E-state index in [1.54, 1.807) is 0 Å². The molecular weight excluding hydrogens is 183 g/mol. The number of hydrogen-bond donors (Lipinski definition) is 1. The zero-order chi connectivity index (χ0) is 6.69. The van der Waals surface area contributed by atoms with Crippen LogP contribution in [0.1, 0.15) is 13.8 Å². The number of nitrogens with zero attached hydrogens (tertiary/aromatic N) is 1. The summed E-state index contributed by atoms with van der Waals surface area (Å²) in [5, 5.41) is 3.36. The molecular formula is C7H18Cl2N2. The summed E-state index contributed by atoms with van der Waals surface area (Å²) in [7, 11) is 0. The second-order valence-electron chi connectivity index (χ2n) is 2.68. The zero-order valence-electron chi connectivity index (χ0n) is 7.17. The van der Waals surface area contributed by atoms with Crippen molar-refractivity contribution in [2.45, 2.75) is 19.9 Å². The minimum Gasteiger partial charge on any atom is -0.314 e. The molecule has 70 valence electrons. The summed E-state index contributed by atoms with van der Waals surface area (Å²) in [6, 6.07) is 0.740. The second kappa shape index (κ2) is 7.17. The molecule has 11 heavy (non-hydrogen) atoms. The normalized spacial score (nSPS) is 25.1. The number of piperazine rings is 1. The van der Waals surface area contributed by atoms with Gasteiger partial charge in [0.25, 0.3) is 0 Å². The fourth-order valence-electron chi connectivity index (χ4n) is 1.35. The van der Waals surface area contributed by atoms with Gasteiger partial charge in [0.05, 0.1) is 0 Å². The molecule has 0 aliphatic carbocycles. The summed E-state index contributed by atoms with van der Waals surface area (Å²) < 4.78 is 0. The first kappa shape index (κ1) is 14.0. The van der Waals surface area contributed by atoms with Gasteiger partial charge in [-0.15, -0.1) is 24.8 Å². The van der Waals surface area contributed by atoms with Crippen molar-refractivity contribution in [3.8, 4) is 0 Å². The van der Waals surface area contributed by atoms with E-state index in [1.165, 1.54) is 13.1 Å². The predicted octanol–water partition coefficient (Wildman–Crippen LogP) is 1.14. The molecule has 1 fully saturated rings. The van der Waals surface area contributed by atoms with Gasteiger partial charge >= 0.3 is 0 Å². The van der Waals surface area contributed by atoms with Crippen molar-refractivity contribution in [1.29, 1.82) is 0 Å². The van der Waals surface area contributed by atoms with Crippen LogP contribution in [0.2, 0.25) is 0 Å². The summed E-state index contributed by atoms with van der Waals surface area (Å²) in [6.07, 6.45) is 0. The first-order chi connectivity index (χ1) is 4.34. The topological polar surface area (TPSA) is 15.3 Å². The predicted molar refractivity (Wildman–Crippen MR) is 54.1 cm³/mol. The summed E-state index contributed by atoms with van der Waals surface area (Å²) in [4.78, 5) is 2.50. The van der Waals surface area contributed by atoms with Crippen LogP contribution in [0.15, 0.2) is 0 Å². The van der Waals surface area contributed by atoms with Gasteiger partial charge in [0.15, 0.2) is 0 Å². The minimum atomic E-state index is 0. The van der Waals surface area contributed by atoms with Gasteiger partial charge in [-0.1, -0.05) is 6.92 Å². The highest BCUT2D eigenvalue weighted by Crippen LogP contribution is 1.99. The summed E-state index contributed by atoms with van der Waals surface area (Å²) in [5.74, 6) is 0. The lowest BCUT2D eigenvalue weighted by Crippen LogP contribution is -2.49. The monoisotopic (exact) mass is 200 g/mol. The van der Waals surface area contributed by atoms with Crippen molar-refractivity contribution >= 4 is 24.8 Å². The Hall–Kier alpha value is 0.500. The number of rotatable bonds is 1. The third-order valence-electron chi connectivity index (χ3n) is 2.05. The highest BCUT2D eigenvalue weighted by molar-refractivity contribution is 5.85. The van der Waals surface area contributed by atoms with Crippen LogP contribution in [0.4, 0.5) is 0 Å². The largest absolute Gasteiger partial charge is 0.314 e. The molecule has 1 rings (SSSR count). The molecule has 0 radical (unpaired) electrons. The molecule has 1 aliphatic heterocycles. The van der Waals surface area contributed by atoms with Crippen LogP contribution in [0.5, 0.6) is 0 Å². The lowest BCUT2D eigenvalue weighted by Gasteiger charge is -2.32. The Labute approximate surface area is 81.5 Å². The lowest BCUT2D eigenvalue weighted by molar-refractivity contribution is 0.183. The lowest BCUT2D eigenvalue weighted by atomic mass is 10.2. The van der Waals surface area contributed by atoms with E-state index in [0.29, 0.717) is 0 Å². The van der Waals surface area contributed by atoms with E-state index >= 15 is 0 Å². The molecule has 4 heteroatoms. The molecule has 0 aromatic heterocycles. The minimum absolute atomic E-state index is 0. The summed E-state index contributed by atoms with van der Waals surface area (Å²) in [6.45, 7) is 9.24. The molecule has 0 aromatic carbocycles. The SMILES string of the molecule is CCN1CCNC[C@H]1C.Cl.Cl. The van der Waals surface area contributed by atoms with E-state index in [1.807, 2.05) is 0 Å². The number of hydrogen-bond acceptors (Lipinski definition) is 2. The van der Waals surface area contributed by atoms with Gasteiger partial charge in [0.2, 0.25) is 0 Å². The van der Waals surface area contributed by atoms with Crippen LogP contribution in [0, 0.1) is 0 Å². The van der Waals surface area contributed by atoms with E-state index in [2.05, 4.69) is 24.1 Å². The molecule has 0 aromatic rings. The van der Waals surface area contributed by atoms with Gasteiger partial charge in [-0.05, 0) is 13.5 Å². The molecule has 0 unspecified atom stereocenters. The first-order valence-corrected chi connectivity index (χ1v) is 3.79. The molecule has 0 amide bonds. The molecule has 1 heterocycles. The van der Waals surface area contributed by atoms with Gasteiger partial charge in [0.1, 0.15) is 0 Å². The summed E-state index contributed by atoms with van der Waals surface area (Å²) >= 11 is 0. The Morgan fingerprint density at radius 2 is 2.09 bits per heavy atom. The molecule has 0 saturated carbocycles. The number of halogens is 2. The van der Waals surface area contributed by atoms with Crippen LogP contribution in [0.25, 0.3) is 0 Å². The Balaban J connectivity index is 0. The Bertz CT molecular complexity index is 90.5. The second-order valence-corrected chi connectivity index (χ2v) is 2.68. The van der Waals surface area contributed by atoms with Gasteiger partial charge in [-0.2, -0.15) is 0 Å². The van der Waals surface area contributed by atoms with Crippen LogP contribution >= 0.6 is 24.8 Å². The Morgan fingerprint density at radius 3 is 2.45 bits per heavy atom. The summed E-state index contributed by atoms with van der Waals surface area (Å²) in [5.41, 5.74) is 0. The fourth-order valence-corrected chi connectivity index (χ4v) is 1.35. The molecule has 1 saturated heterocycles. The molecule has 1 atom stereocenters. The molecule has 0 bridgehead atoms. The van der Waals surface area contributed by atoms with Gasteiger partial charge in [-0.25, -0.2) is 0 Å². The smallest absolute Gasteiger partial charge is 0.0192 e. The van der Waals surface area contributed by atoms with Gasteiger partial charge in [0, 0.05) is 25.7 Å². The molecule has 0 spiro atoms. The highest BCUT2D eigenvalue weighted by Gasteiger charge is 2.14. The maximum Gasteiger partial charge on any atom is 0.0192 e. The van der Waals surface area contributed by atoms with Crippen molar-refractivity contribution < 1.29 is 0 Å². The molecule has 2 nitrogen and oxygen atoms in total. The van der Waals surface area contributed by atoms with E-state index in [0.717, 1.165) is 19.1 Å². The third kappa shape index (κ3) is 4.16. The highest BCUT2D eigenvalue weighted by atomic mass is 35.5. The van der Waals surface area contributed by atoms with Gasteiger partial charge in [-0.3, -0.25) is 4.90 Å². The fraction of sp³-hybridized carbons (Fsp3) is 1.00. The third-order valence-corrected chi connectivity index (χ3v) is 2.05. The average Bonchev–Trinajstić information content (AvgIpc) is 1.89. The number of nitrogens with one attached hydrogen (secondary N) is 1. The van der Waals surface area contributed by atoms with Crippen LogP contribution in [0.3, 0.4) is 0 Å². The van der Waals surface area contributed by atoms with Crippen LogP contribution in [-0.2, 0) is 0 Å². The van der Waals surface area contributed by atoms with Crippen molar-refractivity contribution in [2.75, 3.05) is 26.2 Å². The maximum atomic E-state index is 3.36. The van der Waals surface area contributed by atoms with Crippen molar-refractivity contribution in [1.82, 2.24) is 10.2 Å². The molecule has 1 aliphatic rings. The zero-order valence-corrected chi connectivity index (χ0v) is 8.80. The van der Waals surface area contributed by atoms with Crippen molar-refractivity contribution in [2.24, 2.45) is 0 Å².